The molecular weight excluding hydrogens is 254 g/mol. The smallest absolute Gasteiger partial charge is 0.330 e. The van der Waals surface area contributed by atoms with Crippen LogP contribution in [0.2, 0.25) is 0 Å². The molecule has 1 saturated carbocycles. The van der Waals surface area contributed by atoms with Crippen LogP contribution in [0.4, 0.5) is 0 Å². The molecule has 1 heterocycles. The van der Waals surface area contributed by atoms with Gasteiger partial charge in [0.05, 0.1) is 18.8 Å². The molecule has 1 aromatic rings. The summed E-state index contributed by atoms with van der Waals surface area (Å²) in [6.45, 7) is 3.79. The van der Waals surface area contributed by atoms with Crippen molar-refractivity contribution in [2.75, 3.05) is 7.11 Å². The lowest BCUT2D eigenvalue weighted by molar-refractivity contribution is -0.134. The first kappa shape index (κ1) is 14.5. The summed E-state index contributed by atoms with van der Waals surface area (Å²) < 4.78 is 6.61. The van der Waals surface area contributed by atoms with E-state index < -0.39 is 0 Å². The summed E-state index contributed by atoms with van der Waals surface area (Å²) in [4.78, 5) is 11.2. The molecule has 0 radical (unpaired) electrons. The van der Waals surface area contributed by atoms with E-state index in [0.29, 0.717) is 12.5 Å². The molecule has 1 aromatic heterocycles. The van der Waals surface area contributed by atoms with E-state index in [2.05, 4.69) is 21.6 Å². The third-order valence-corrected chi connectivity index (χ3v) is 3.66. The van der Waals surface area contributed by atoms with Gasteiger partial charge in [-0.3, -0.25) is 0 Å². The molecule has 108 valence electrons. The van der Waals surface area contributed by atoms with E-state index in [-0.39, 0.29) is 5.97 Å². The van der Waals surface area contributed by atoms with E-state index in [1.165, 1.54) is 32.4 Å². The zero-order valence-corrected chi connectivity index (χ0v) is 11.9. The number of carbonyl (C=O) groups excluding carboxylic acids is 1. The van der Waals surface area contributed by atoms with Crippen molar-refractivity contribution < 1.29 is 9.53 Å². The lowest BCUT2D eigenvalue weighted by atomic mass is 9.95. The second-order valence-electron chi connectivity index (χ2n) is 5.01. The Morgan fingerprint density at radius 2 is 2.20 bits per heavy atom. The van der Waals surface area contributed by atoms with E-state index >= 15 is 0 Å². The standard InChI is InChI=1S/C15H21N3O2/c1-3-7-14-13(10-11-15(19)20-2)16-17-18(14)12-8-5-4-6-9-12/h3,10-12H,1,4-9H2,2H3/b11-10-. The van der Waals surface area contributed by atoms with Gasteiger partial charge in [0.1, 0.15) is 5.69 Å². The lowest BCUT2D eigenvalue weighted by Crippen LogP contribution is -2.16. The molecule has 0 saturated heterocycles. The number of esters is 1. The van der Waals surface area contributed by atoms with E-state index in [1.807, 2.05) is 10.8 Å². The largest absolute Gasteiger partial charge is 0.466 e. The van der Waals surface area contributed by atoms with Crippen molar-refractivity contribution in [3.8, 4) is 0 Å². The minimum atomic E-state index is -0.387. The Labute approximate surface area is 119 Å². The van der Waals surface area contributed by atoms with E-state index in [0.717, 1.165) is 24.2 Å². The minimum Gasteiger partial charge on any atom is -0.466 e. The Balaban J connectivity index is 2.24. The lowest BCUT2D eigenvalue weighted by Gasteiger charge is -2.23. The number of aromatic nitrogens is 3. The van der Waals surface area contributed by atoms with Crippen LogP contribution in [0.3, 0.4) is 0 Å². The van der Waals surface area contributed by atoms with Crippen molar-refractivity contribution >= 4 is 12.0 Å². The number of carbonyl (C=O) groups is 1. The van der Waals surface area contributed by atoms with Gasteiger partial charge >= 0.3 is 5.97 Å². The van der Waals surface area contributed by atoms with Crippen molar-refractivity contribution in [3.63, 3.8) is 0 Å². The molecule has 5 heteroatoms. The summed E-state index contributed by atoms with van der Waals surface area (Å²) in [6, 6.07) is 0.423. The number of allylic oxidation sites excluding steroid dienone is 1. The van der Waals surface area contributed by atoms with Crippen LogP contribution in [0, 0.1) is 0 Å². The Morgan fingerprint density at radius 1 is 1.45 bits per heavy atom. The summed E-state index contributed by atoms with van der Waals surface area (Å²) in [6.07, 6.45) is 11.7. The third kappa shape index (κ3) is 3.35. The minimum absolute atomic E-state index is 0.387. The predicted molar refractivity (Wildman–Crippen MR) is 77.1 cm³/mol. The Morgan fingerprint density at radius 3 is 2.85 bits per heavy atom. The highest BCUT2D eigenvalue weighted by Crippen LogP contribution is 2.29. The van der Waals surface area contributed by atoms with Gasteiger partial charge in [0, 0.05) is 12.5 Å². The molecule has 0 amide bonds. The van der Waals surface area contributed by atoms with E-state index in [9.17, 15) is 4.79 Å². The van der Waals surface area contributed by atoms with Crippen LogP contribution < -0.4 is 0 Å². The molecule has 1 aliphatic rings. The number of methoxy groups -OCH3 is 1. The molecule has 0 atom stereocenters. The maximum Gasteiger partial charge on any atom is 0.330 e. The molecule has 1 fully saturated rings. The molecule has 1 aliphatic carbocycles. The molecule has 0 spiro atoms. The van der Waals surface area contributed by atoms with Gasteiger partial charge in [0.25, 0.3) is 0 Å². The molecule has 0 N–H and O–H groups in total. The van der Waals surface area contributed by atoms with Gasteiger partial charge in [-0.05, 0) is 18.9 Å². The second kappa shape index (κ2) is 7.03. The fourth-order valence-corrected chi connectivity index (χ4v) is 2.62. The molecule has 0 unspecified atom stereocenters. The summed E-state index contributed by atoms with van der Waals surface area (Å²) in [5.41, 5.74) is 1.74. The van der Waals surface area contributed by atoms with Crippen LogP contribution in [-0.4, -0.2) is 28.1 Å². The van der Waals surface area contributed by atoms with Crippen LogP contribution in [-0.2, 0) is 16.0 Å². The molecule has 0 aliphatic heterocycles. The van der Waals surface area contributed by atoms with E-state index in [1.54, 1.807) is 6.08 Å². The fraction of sp³-hybridized carbons (Fsp3) is 0.533. The van der Waals surface area contributed by atoms with Gasteiger partial charge in [-0.2, -0.15) is 0 Å². The fourth-order valence-electron chi connectivity index (χ4n) is 2.62. The highest BCUT2D eigenvalue weighted by molar-refractivity contribution is 5.86. The number of nitrogens with zero attached hydrogens (tertiary/aromatic N) is 3. The van der Waals surface area contributed by atoms with E-state index in [4.69, 9.17) is 0 Å². The molecule has 0 aromatic carbocycles. The first-order valence-corrected chi connectivity index (χ1v) is 7.07. The summed E-state index contributed by atoms with van der Waals surface area (Å²) in [5, 5.41) is 8.46. The average Bonchev–Trinajstić information content (AvgIpc) is 2.89. The van der Waals surface area contributed by atoms with Gasteiger partial charge < -0.3 is 4.74 Å². The van der Waals surface area contributed by atoms with Gasteiger partial charge in [-0.25, -0.2) is 9.48 Å². The molecule has 20 heavy (non-hydrogen) atoms. The maximum atomic E-state index is 11.2. The second-order valence-corrected chi connectivity index (χ2v) is 5.01. The number of hydrogen-bond donors (Lipinski definition) is 0. The Hall–Kier alpha value is -1.91. The predicted octanol–water partition coefficient (Wildman–Crippen LogP) is 2.70. The monoisotopic (exact) mass is 275 g/mol. The van der Waals surface area contributed by atoms with Gasteiger partial charge in [-0.15, -0.1) is 11.7 Å². The van der Waals surface area contributed by atoms with Crippen LogP contribution >= 0.6 is 0 Å². The van der Waals surface area contributed by atoms with Gasteiger partial charge in [0.15, 0.2) is 0 Å². The van der Waals surface area contributed by atoms with Crippen molar-refractivity contribution in [1.82, 2.24) is 15.0 Å². The molecular formula is C15H21N3O2. The van der Waals surface area contributed by atoms with Crippen molar-refractivity contribution in [2.45, 2.75) is 44.6 Å². The number of rotatable bonds is 5. The van der Waals surface area contributed by atoms with Crippen LogP contribution in [0.25, 0.3) is 6.08 Å². The normalized spacial score (nSPS) is 16.4. The van der Waals surface area contributed by atoms with Crippen molar-refractivity contribution in [2.24, 2.45) is 0 Å². The van der Waals surface area contributed by atoms with Crippen LogP contribution in [0.1, 0.15) is 49.5 Å². The quantitative estimate of drug-likeness (QED) is 0.471. The van der Waals surface area contributed by atoms with Crippen molar-refractivity contribution in [1.29, 1.82) is 0 Å². The SMILES string of the molecule is C=CCc1c(/C=C\C(=O)OC)nnn1C1CCCCC1. The topological polar surface area (TPSA) is 57.0 Å². The Bertz CT molecular complexity index is 499. The summed E-state index contributed by atoms with van der Waals surface area (Å²) in [7, 11) is 1.36. The maximum absolute atomic E-state index is 11.2. The highest BCUT2D eigenvalue weighted by Gasteiger charge is 2.20. The molecule has 2 rings (SSSR count). The average molecular weight is 275 g/mol. The van der Waals surface area contributed by atoms with Crippen LogP contribution in [0.15, 0.2) is 18.7 Å². The number of hydrogen-bond acceptors (Lipinski definition) is 4. The molecule has 5 nitrogen and oxygen atoms in total. The first-order valence-electron chi connectivity index (χ1n) is 7.07. The van der Waals surface area contributed by atoms with Gasteiger partial charge in [-0.1, -0.05) is 30.6 Å². The Kier molecular flexibility index (Phi) is 5.09. The summed E-state index contributed by atoms with van der Waals surface area (Å²) >= 11 is 0. The zero-order valence-electron chi connectivity index (χ0n) is 11.9. The zero-order chi connectivity index (χ0) is 14.4. The molecule has 0 bridgehead atoms. The third-order valence-electron chi connectivity index (χ3n) is 3.66. The number of ether oxygens (including phenoxy) is 1. The van der Waals surface area contributed by atoms with Crippen molar-refractivity contribution in [3.05, 3.63) is 30.1 Å². The van der Waals surface area contributed by atoms with Gasteiger partial charge in [0.2, 0.25) is 0 Å². The first-order chi connectivity index (χ1) is 9.76. The highest BCUT2D eigenvalue weighted by atomic mass is 16.5. The van der Waals surface area contributed by atoms with Crippen LogP contribution in [0.5, 0.6) is 0 Å². The summed E-state index contributed by atoms with van der Waals surface area (Å²) in [5.74, 6) is -0.387.